The number of allylic oxidation sites excluding steroid dienone is 6. The van der Waals surface area contributed by atoms with E-state index in [1.54, 1.807) is 13.2 Å². The van der Waals surface area contributed by atoms with E-state index in [2.05, 4.69) is 21.6 Å². The highest BCUT2D eigenvalue weighted by Crippen LogP contribution is 2.30. The number of hydrogen-bond acceptors (Lipinski definition) is 6. The van der Waals surface area contributed by atoms with Crippen molar-refractivity contribution in [3.8, 4) is 5.75 Å². The largest absolute Gasteiger partial charge is 0.497 e. The van der Waals surface area contributed by atoms with Gasteiger partial charge in [0, 0.05) is 11.8 Å². The third-order valence-corrected chi connectivity index (χ3v) is 5.01. The predicted octanol–water partition coefficient (Wildman–Crippen LogP) is 3.57. The molecule has 24 heavy (non-hydrogen) atoms. The van der Waals surface area contributed by atoms with Gasteiger partial charge in [-0.2, -0.15) is 5.10 Å². The number of ketones is 1. The number of hydrazone groups is 1. The Morgan fingerprint density at radius 1 is 1.25 bits per heavy atom. The van der Waals surface area contributed by atoms with Gasteiger partial charge in [-0.05, 0) is 24.3 Å². The Balaban J connectivity index is 1.62. The zero-order valence-corrected chi connectivity index (χ0v) is 13.8. The van der Waals surface area contributed by atoms with Gasteiger partial charge in [-0.15, -0.1) is 0 Å². The quantitative estimate of drug-likeness (QED) is 0.870. The van der Waals surface area contributed by atoms with E-state index in [0.29, 0.717) is 10.8 Å². The molecule has 0 bridgehead atoms. The summed E-state index contributed by atoms with van der Waals surface area (Å²) in [5.74, 6) is 0.896. The van der Waals surface area contributed by atoms with E-state index in [9.17, 15) is 4.79 Å². The molecule has 1 N–H and O–H groups in total. The number of anilines is 1. The standard InChI is InChI=1S/C18H15N3O2S/c1-23-12-7-8-14-16(10-12)24-18(19-14)21-20-17-13-5-3-2-4-11(13)6-9-15(17)22/h2-11,13H,1H3,(H,19,21). The normalized spacial score (nSPS) is 23.7. The Morgan fingerprint density at radius 3 is 3.00 bits per heavy atom. The molecule has 1 aromatic heterocycles. The highest BCUT2D eigenvalue weighted by molar-refractivity contribution is 7.22. The first-order valence-electron chi connectivity index (χ1n) is 7.60. The number of ether oxygens (including phenoxy) is 1. The summed E-state index contributed by atoms with van der Waals surface area (Å²) in [6.07, 6.45) is 11.5. The second-order valence-corrected chi connectivity index (χ2v) is 6.59. The molecule has 2 aliphatic rings. The fourth-order valence-corrected chi connectivity index (χ4v) is 3.68. The highest BCUT2D eigenvalue weighted by Gasteiger charge is 2.29. The Bertz CT molecular complexity index is 923. The van der Waals surface area contributed by atoms with Gasteiger partial charge >= 0.3 is 0 Å². The summed E-state index contributed by atoms with van der Waals surface area (Å²) in [4.78, 5) is 16.7. The fourth-order valence-electron chi connectivity index (χ4n) is 2.85. The smallest absolute Gasteiger partial charge is 0.204 e. The average molecular weight is 337 g/mol. The number of fused-ring (bicyclic) bond motifs is 2. The van der Waals surface area contributed by atoms with Crippen molar-refractivity contribution in [3.63, 3.8) is 0 Å². The number of rotatable bonds is 3. The number of aromatic nitrogens is 1. The lowest BCUT2D eigenvalue weighted by Crippen LogP contribution is -2.31. The van der Waals surface area contributed by atoms with Gasteiger partial charge in [-0.3, -0.25) is 10.2 Å². The van der Waals surface area contributed by atoms with Gasteiger partial charge in [-0.1, -0.05) is 41.7 Å². The molecule has 4 rings (SSSR count). The zero-order valence-electron chi connectivity index (χ0n) is 13.0. The first-order valence-corrected chi connectivity index (χ1v) is 8.42. The third-order valence-electron chi connectivity index (χ3n) is 4.08. The molecule has 1 heterocycles. The molecule has 2 aliphatic carbocycles. The maximum absolute atomic E-state index is 12.2. The Hall–Kier alpha value is -2.73. The van der Waals surface area contributed by atoms with Crippen LogP contribution in [0, 0.1) is 11.8 Å². The predicted molar refractivity (Wildman–Crippen MR) is 96.6 cm³/mol. The number of benzene rings is 1. The van der Waals surface area contributed by atoms with Crippen molar-refractivity contribution in [2.45, 2.75) is 0 Å². The molecule has 0 spiro atoms. The minimum absolute atomic E-state index is 0.0190. The molecule has 0 fully saturated rings. The summed E-state index contributed by atoms with van der Waals surface area (Å²) >= 11 is 1.48. The van der Waals surface area contributed by atoms with Crippen molar-refractivity contribution in [2.75, 3.05) is 12.5 Å². The number of nitrogens with one attached hydrogen (secondary N) is 1. The van der Waals surface area contributed by atoms with Crippen LogP contribution in [0.5, 0.6) is 5.75 Å². The van der Waals surface area contributed by atoms with E-state index in [0.717, 1.165) is 16.0 Å². The van der Waals surface area contributed by atoms with Crippen LogP contribution in [0.3, 0.4) is 0 Å². The topological polar surface area (TPSA) is 63.6 Å². The van der Waals surface area contributed by atoms with Gasteiger partial charge in [0.15, 0.2) is 0 Å². The molecule has 0 radical (unpaired) electrons. The first-order chi connectivity index (χ1) is 11.7. The van der Waals surface area contributed by atoms with E-state index < -0.39 is 0 Å². The second kappa shape index (κ2) is 6.05. The monoisotopic (exact) mass is 337 g/mol. The number of methoxy groups -OCH3 is 1. The highest BCUT2D eigenvalue weighted by atomic mass is 32.1. The first kappa shape index (κ1) is 14.8. The summed E-state index contributed by atoms with van der Waals surface area (Å²) < 4.78 is 6.23. The van der Waals surface area contributed by atoms with Gasteiger partial charge in [-0.25, -0.2) is 4.98 Å². The van der Waals surface area contributed by atoms with Gasteiger partial charge in [0.25, 0.3) is 0 Å². The van der Waals surface area contributed by atoms with Crippen molar-refractivity contribution >= 4 is 38.2 Å². The fraction of sp³-hybridized carbons (Fsp3) is 0.167. The van der Waals surface area contributed by atoms with Crippen molar-refractivity contribution in [1.29, 1.82) is 0 Å². The molecular weight excluding hydrogens is 322 g/mol. The molecular formula is C18H15N3O2S. The van der Waals surface area contributed by atoms with Crippen molar-refractivity contribution < 1.29 is 9.53 Å². The molecule has 6 heteroatoms. The van der Waals surface area contributed by atoms with Crippen molar-refractivity contribution in [2.24, 2.45) is 16.9 Å². The van der Waals surface area contributed by atoms with Crippen LogP contribution in [0.2, 0.25) is 0 Å². The van der Waals surface area contributed by atoms with Crippen LogP contribution >= 0.6 is 11.3 Å². The molecule has 5 nitrogen and oxygen atoms in total. The lowest BCUT2D eigenvalue weighted by molar-refractivity contribution is -0.109. The lowest BCUT2D eigenvalue weighted by Gasteiger charge is -2.24. The van der Waals surface area contributed by atoms with Crippen LogP contribution in [-0.2, 0) is 4.79 Å². The Kier molecular flexibility index (Phi) is 3.74. The number of carbonyl (C=O) groups is 1. The van der Waals surface area contributed by atoms with E-state index in [1.165, 1.54) is 11.3 Å². The van der Waals surface area contributed by atoms with Crippen LogP contribution in [0.15, 0.2) is 59.8 Å². The van der Waals surface area contributed by atoms with E-state index in [1.807, 2.05) is 42.5 Å². The molecule has 1 aromatic carbocycles. The molecule has 2 atom stereocenters. The number of carbonyl (C=O) groups excluding carboxylic acids is 1. The molecule has 120 valence electrons. The summed E-state index contributed by atoms with van der Waals surface area (Å²) in [7, 11) is 1.64. The Labute approximate surface area is 143 Å². The van der Waals surface area contributed by atoms with E-state index in [4.69, 9.17) is 4.74 Å². The molecule has 0 amide bonds. The van der Waals surface area contributed by atoms with E-state index in [-0.39, 0.29) is 17.6 Å². The van der Waals surface area contributed by atoms with E-state index >= 15 is 0 Å². The maximum Gasteiger partial charge on any atom is 0.204 e. The lowest BCUT2D eigenvalue weighted by atomic mass is 9.79. The third kappa shape index (κ3) is 2.65. The van der Waals surface area contributed by atoms with Gasteiger partial charge in [0.05, 0.1) is 17.3 Å². The van der Waals surface area contributed by atoms with Crippen LogP contribution in [0.4, 0.5) is 5.13 Å². The maximum atomic E-state index is 12.2. The summed E-state index contributed by atoms with van der Waals surface area (Å²) in [5.41, 5.74) is 4.33. The molecule has 2 aromatic rings. The summed E-state index contributed by atoms with van der Waals surface area (Å²) in [6, 6.07) is 5.71. The molecule has 0 aliphatic heterocycles. The van der Waals surface area contributed by atoms with Crippen LogP contribution < -0.4 is 10.2 Å². The number of thiazole rings is 1. The van der Waals surface area contributed by atoms with Crippen LogP contribution in [-0.4, -0.2) is 23.6 Å². The van der Waals surface area contributed by atoms with Crippen LogP contribution in [0.1, 0.15) is 0 Å². The molecule has 2 unspecified atom stereocenters. The SMILES string of the molecule is COc1ccc2nc(NN=C3C(=O)C=CC4C=CC=CC34)sc2c1. The van der Waals surface area contributed by atoms with Gasteiger partial charge < -0.3 is 4.74 Å². The minimum Gasteiger partial charge on any atom is -0.497 e. The van der Waals surface area contributed by atoms with Gasteiger partial charge in [0.2, 0.25) is 10.9 Å². The number of hydrogen-bond donors (Lipinski definition) is 1. The average Bonchev–Trinajstić information content (AvgIpc) is 3.02. The van der Waals surface area contributed by atoms with Crippen LogP contribution in [0.25, 0.3) is 10.2 Å². The molecule has 0 saturated heterocycles. The Morgan fingerprint density at radius 2 is 2.12 bits per heavy atom. The van der Waals surface area contributed by atoms with Crippen molar-refractivity contribution in [3.05, 3.63) is 54.7 Å². The zero-order chi connectivity index (χ0) is 16.5. The summed E-state index contributed by atoms with van der Waals surface area (Å²) in [6.45, 7) is 0. The molecule has 0 saturated carbocycles. The van der Waals surface area contributed by atoms with Gasteiger partial charge in [0.1, 0.15) is 11.5 Å². The number of nitrogens with zero attached hydrogens (tertiary/aromatic N) is 2. The second-order valence-electron chi connectivity index (χ2n) is 5.56. The summed E-state index contributed by atoms with van der Waals surface area (Å²) in [5, 5.41) is 5.01. The minimum atomic E-state index is -0.0634. The van der Waals surface area contributed by atoms with Crippen molar-refractivity contribution in [1.82, 2.24) is 4.98 Å².